The summed E-state index contributed by atoms with van der Waals surface area (Å²) in [5.41, 5.74) is 0.817. The fraction of sp³-hybridized carbons (Fsp3) is 0.188. The molecule has 108 valence electrons. The molecule has 1 aliphatic rings. The van der Waals surface area contributed by atoms with Gasteiger partial charge in [-0.25, -0.2) is 4.39 Å². The maximum Gasteiger partial charge on any atom is 0.173 e. The molecule has 5 heteroatoms. The number of benzene rings is 2. The van der Waals surface area contributed by atoms with Gasteiger partial charge < -0.3 is 4.74 Å². The van der Waals surface area contributed by atoms with Gasteiger partial charge in [-0.3, -0.25) is 4.79 Å². The lowest BCUT2D eigenvalue weighted by Crippen LogP contribution is -2.22. The van der Waals surface area contributed by atoms with Gasteiger partial charge in [0, 0.05) is 10.0 Å². The molecule has 0 N–H and O–H groups in total. The van der Waals surface area contributed by atoms with Gasteiger partial charge in [0.1, 0.15) is 11.6 Å². The fourth-order valence-electron chi connectivity index (χ4n) is 2.51. The van der Waals surface area contributed by atoms with Crippen LogP contribution in [0.25, 0.3) is 0 Å². The number of carbonyl (C=O) groups excluding carboxylic acids is 1. The first kappa shape index (κ1) is 14.5. The Morgan fingerprint density at radius 1 is 1.33 bits per heavy atom. The molecule has 3 rings (SSSR count). The molecule has 2 aromatic carbocycles. The molecule has 0 aromatic heterocycles. The number of hydrogen-bond acceptors (Lipinski definition) is 2. The van der Waals surface area contributed by atoms with Gasteiger partial charge in [0.2, 0.25) is 0 Å². The summed E-state index contributed by atoms with van der Waals surface area (Å²) in [6.45, 7) is 0.444. The Morgan fingerprint density at radius 3 is 2.90 bits per heavy atom. The lowest BCUT2D eigenvalue weighted by Gasteiger charge is -2.25. The minimum atomic E-state index is -0.569. The summed E-state index contributed by atoms with van der Waals surface area (Å²) in [5, 5.41) is 0.320. The largest absolute Gasteiger partial charge is 0.493 e. The first-order valence-electron chi connectivity index (χ1n) is 6.48. The Labute approximate surface area is 135 Å². The van der Waals surface area contributed by atoms with Crippen LogP contribution in [0.5, 0.6) is 5.75 Å². The number of halogens is 3. The predicted molar refractivity (Wildman–Crippen MR) is 82.7 cm³/mol. The van der Waals surface area contributed by atoms with E-state index in [9.17, 15) is 9.18 Å². The van der Waals surface area contributed by atoms with Crippen molar-refractivity contribution in [3.8, 4) is 5.75 Å². The highest BCUT2D eigenvalue weighted by Crippen LogP contribution is 2.37. The Morgan fingerprint density at radius 2 is 2.10 bits per heavy atom. The predicted octanol–water partition coefficient (Wildman–Crippen LogP) is 4.99. The van der Waals surface area contributed by atoms with Gasteiger partial charge in [-0.2, -0.15) is 0 Å². The van der Waals surface area contributed by atoms with Crippen molar-refractivity contribution < 1.29 is 13.9 Å². The molecule has 0 fully saturated rings. The Hall–Kier alpha value is -1.39. The molecule has 0 aliphatic carbocycles. The quantitative estimate of drug-likeness (QED) is 0.550. The van der Waals surface area contributed by atoms with E-state index < -0.39 is 11.7 Å². The number of rotatable bonds is 2. The molecule has 1 aliphatic heterocycles. The second-order valence-corrected chi connectivity index (χ2v) is 6.10. The number of ketones is 1. The molecule has 0 radical (unpaired) electrons. The Kier molecular flexibility index (Phi) is 4.00. The highest BCUT2D eigenvalue weighted by atomic mass is 79.9. The van der Waals surface area contributed by atoms with Gasteiger partial charge in [-0.05, 0) is 40.5 Å². The van der Waals surface area contributed by atoms with Crippen molar-refractivity contribution in [2.75, 3.05) is 6.61 Å². The van der Waals surface area contributed by atoms with Gasteiger partial charge in [0.15, 0.2) is 5.78 Å². The van der Waals surface area contributed by atoms with Crippen molar-refractivity contribution >= 4 is 33.3 Å². The first-order valence-corrected chi connectivity index (χ1v) is 7.65. The van der Waals surface area contributed by atoms with Gasteiger partial charge in [0.25, 0.3) is 0 Å². The Bertz CT molecular complexity index is 717. The smallest absolute Gasteiger partial charge is 0.173 e. The zero-order valence-electron chi connectivity index (χ0n) is 10.9. The molecule has 0 saturated carbocycles. The normalized spacial score (nSPS) is 17.0. The van der Waals surface area contributed by atoms with E-state index in [0.29, 0.717) is 28.3 Å². The van der Waals surface area contributed by atoms with Gasteiger partial charge in [-0.15, -0.1) is 0 Å². The lowest BCUT2D eigenvalue weighted by atomic mass is 9.86. The van der Waals surface area contributed by atoms with E-state index in [2.05, 4.69) is 15.9 Å². The standard InChI is InChI=1S/C16H11BrClFO2/c17-12-8-14(19)11(7-13(12)18)16(20)10-5-6-21-15-4-2-1-3-9(10)15/h1-4,7-8,10H,5-6H2. The Balaban J connectivity index is 2.03. The number of ether oxygens (including phenoxy) is 1. The van der Waals surface area contributed by atoms with Crippen molar-refractivity contribution in [1.29, 1.82) is 0 Å². The topological polar surface area (TPSA) is 26.3 Å². The highest BCUT2D eigenvalue weighted by molar-refractivity contribution is 9.10. The van der Waals surface area contributed by atoms with Gasteiger partial charge in [-0.1, -0.05) is 29.8 Å². The summed E-state index contributed by atoms with van der Waals surface area (Å²) in [4.78, 5) is 12.7. The van der Waals surface area contributed by atoms with Crippen molar-refractivity contribution in [2.24, 2.45) is 0 Å². The zero-order chi connectivity index (χ0) is 15.0. The molecule has 21 heavy (non-hydrogen) atoms. The fourth-order valence-corrected chi connectivity index (χ4v) is 2.99. The number of hydrogen-bond donors (Lipinski definition) is 0. The third-order valence-electron chi connectivity index (χ3n) is 3.55. The van der Waals surface area contributed by atoms with Crippen LogP contribution in [0.4, 0.5) is 4.39 Å². The van der Waals surface area contributed by atoms with Crippen LogP contribution in [0.1, 0.15) is 28.3 Å². The lowest BCUT2D eigenvalue weighted by molar-refractivity contribution is 0.0929. The summed E-state index contributed by atoms with van der Waals surface area (Å²) in [7, 11) is 0. The molecular weight excluding hydrogens is 359 g/mol. The number of carbonyl (C=O) groups is 1. The molecule has 0 bridgehead atoms. The molecule has 1 heterocycles. The maximum atomic E-state index is 14.1. The van der Waals surface area contributed by atoms with Crippen LogP contribution in [0.3, 0.4) is 0 Å². The van der Waals surface area contributed by atoms with Crippen molar-refractivity contribution in [1.82, 2.24) is 0 Å². The van der Waals surface area contributed by atoms with Gasteiger partial charge in [0.05, 0.1) is 23.1 Å². The van der Waals surface area contributed by atoms with Gasteiger partial charge >= 0.3 is 0 Å². The average Bonchev–Trinajstić information content (AvgIpc) is 2.49. The highest BCUT2D eigenvalue weighted by Gasteiger charge is 2.30. The molecule has 0 spiro atoms. The summed E-state index contributed by atoms with van der Waals surface area (Å²) in [6, 6.07) is 9.96. The molecule has 0 saturated heterocycles. The minimum absolute atomic E-state index is 0.0184. The van der Waals surface area contributed by atoms with Crippen LogP contribution in [0.2, 0.25) is 5.02 Å². The second-order valence-electron chi connectivity index (χ2n) is 4.84. The molecule has 1 unspecified atom stereocenters. The molecular formula is C16H11BrClFO2. The van der Waals surface area contributed by atoms with E-state index >= 15 is 0 Å². The van der Waals surface area contributed by atoms with Crippen LogP contribution in [-0.2, 0) is 0 Å². The van der Waals surface area contributed by atoms with E-state index in [-0.39, 0.29) is 11.3 Å². The molecule has 0 amide bonds. The first-order chi connectivity index (χ1) is 10.1. The minimum Gasteiger partial charge on any atom is -0.493 e. The van der Waals surface area contributed by atoms with Crippen LogP contribution >= 0.6 is 27.5 Å². The summed E-state index contributed by atoms with van der Waals surface area (Å²) < 4.78 is 20.0. The summed E-state index contributed by atoms with van der Waals surface area (Å²) in [6.07, 6.45) is 0.531. The van der Waals surface area contributed by atoms with E-state index in [1.165, 1.54) is 12.1 Å². The van der Waals surface area contributed by atoms with Crippen LogP contribution < -0.4 is 4.74 Å². The van der Waals surface area contributed by atoms with Crippen LogP contribution in [0, 0.1) is 5.82 Å². The molecule has 1 atom stereocenters. The summed E-state index contributed by atoms with van der Waals surface area (Å²) in [5.74, 6) is -0.551. The monoisotopic (exact) mass is 368 g/mol. The third-order valence-corrected chi connectivity index (χ3v) is 4.75. The third kappa shape index (κ3) is 2.70. The van der Waals surface area contributed by atoms with Crippen molar-refractivity contribution in [2.45, 2.75) is 12.3 Å². The van der Waals surface area contributed by atoms with Crippen molar-refractivity contribution in [3.63, 3.8) is 0 Å². The number of fused-ring (bicyclic) bond motifs is 1. The van der Waals surface area contributed by atoms with Crippen molar-refractivity contribution in [3.05, 3.63) is 62.8 Å². The zero-order valence-corrected chi connectivity index (χ0v) is 13.2. The number of Topliss-reactive ketones (excluding diaryl/α,β-unsaturated/α-hetero) is 1. The van der Waals surface area contributed by atoms with E-state index in [1.54, 1.807) is 0 Å². The SMILES string of the molecule is O=C(c1cc(Cl)c(Br)cc1F)C1CCOc2ccccc21. The van der Waals surface area contributed by atoms with E-state index in [1.807, 2.05) is 24.3 Å². The molecule has 2 aromatic rings. The summed E-state index contributed by atoms with van der Waals surface area (Å²) >= 11 is 9.13. The van der Waals surface area contributed by atoms with E-state index in [0.717, 1.165) is 5.56 Å². The maximum absolute atomic E-state index is 14.1. The second kappa shape index (κ2) is 5.78. The average molecular weight is 370 g/mol. The molecule has 2 nitrogen and oxygen atoms in total. The van der Waals surface area contributed by atoms with E-state index in [4.69, 9.17) is 16.3 Å². The van der Waals surface area contributed by atoms with Crippen LogP contribution in [-0.4, -0.2) is 12.4 Å². The number of para-hydroxylation sites is 1. The van der Waals surface area contributed by atoms with Crippen LogP contribution in [0.15, 0.2) is 40.9 Å².